The van der Waals surface area contributed by atoms with Crippen LogP contribution in [0.3, 0.4) is 0 Å². The van der Waals surface area contributed by atoms with Gasteiger partial charge in [-0.25, -0.2) is 17.5 Å². The third kappa shape index (κ3) is 6.31. The van der Waals surface area contributed by atoms with Crippen molar-refractivity contribution >= 4 is 21.8 Å². The van der Waals surface area contributed by atoms with Gasteiger partial charge < -0.3 is 9.30 Å². The summed E-state index contributed by atoms with van der Waals surface area (Å²) in [5.74, 6) is 1.48. The Bertz CT molecular complexity index is 1380. The molecular weight excluding hydrogens is 499 g/mol. The molecule has 0 saturated carbocycles. The SMILES string of the molecule is CCn1c(SCc2ccc(OC)cc2)nnc1[C@@H](Cc1ccccc1)NS(=O)(=O)c1ccc(F)cc1. The van der Waals surface area contributed by atoms with E-state index in [1.54, 1.807) is 7.11 Å². The van der Waals surface area contributed by atoms with Crippen LogP contribution in [0.5, 0.6) is 5.75 Å². The van der Waals surface area contributed by atoms with Crippen molar-refractivity contribution in [3.63, 3.8) is 0 Å². The predicted octanol–water partition coefficient (Wildman–Crippen LogP) is 5.00. The molecule has 10 heteroatoms. The first-order valence-corrected chi connectivity index (χ1v) is 13.9. The Kier molecular flexibility index (Phi) is 8.40. The van der Waals surface area contributed by atoms with E-state index in [0.29, 0.717) is 29.7 Å². The van der Waals surface area contributed by atoms with Crippen molar-refractivity contribution in [2.75, 3.05) is 7.11 Å². The molecule has 0 spiro atoms. The minimum absolute atomic E-state index is 0.0152. The lowest BCUT2D eigenvalue weighted by atomic mass is 10.1. The van der Waals surface area contributed by atoms with E-state index >= 15 is 0 Å². The van der Waals surface area contributed by atoms with Crippen LogP contribution >= 0.6 is 11.8 Å². The maximum atomic E-state index is 13.4. The van der Waals surface area contributed by atoms with Crippen LogP contribution in [0.2, 0.25) is 0 Å². The summed E-state index contributed by atoms with van der Waals surface area (Å²) < 4.78 is 49.7. The first kappa shape index (κ1) is 25.9. The summed E-state index contributed by atoms with van der Waals surface area (Å²) in [6.45, 7) is 2.54. The quantitative estimate of drug-likeness (QED) is 0.277. The van der Waals surface area contributed by atoms with Gasteiger partial charge in [0.2, 0.25) is 10.0 Å². The summed E-state index contributed by atoms with van der Waals surface area (Å²) in [4.78, 5) is -0.0152. The maximum Gasteiger partial charge on any atom is 0.241 e. The number of thioether (sulfide) groups is 1. The summed E-state index contributed by atoms with van der Waals surface area (Å²) in [6.07, 6.45) is 0.378. The molecule has 0 bridgehead atoms. The Hall–Kier alpha value is -3.21. The minimum atomic E-state index is -3.94. The lowest BCUT2D eigenvalue weighted by molar-refractivity contribution is 0.414. The number of nitrogens with one attached hydrogen (secondary N) is 1. The number of benzene rings is 3. The fraction of sp³-hybridized carbons (Fsp3) is 0.231. The largest absolute Gasteiger partial charge is 0.497 e. The summed E-state index contributed by atoms with van der Waals surface area (Å²) >= 11 is 1.53. The Morgan fingerprint density at radius 3 is 2.31 bits per heavy atom. The monoisotopic (exact) mass is 526 g/mol. The fourth-order valence-corrected chi connectivity index (χ4v) is 5.90. The number of nitrogens with zero attached hydrogens (tertiary/aromatic N) is 3. The predicted molar refractivity (Wildman–Crippen MR) is 138 cm³/mol. The Balaban J connectivity index is 1.61. The zero-order valence-electron chi connectivity index (χ0n) is 20.0. The number of methoxy groups -OCH3 is 1. The summed E-state index contributed by atoms with van der Waals surface area (Å²) in [7, 11) is -2.31. The first-order valence-electron chi connectivity index (χ1n) is 11.4. The van der Waals surface area contributed by atoms with E-state index in [9.17, 15) is 12.8 Å². The van der Waals surface area contributed by atoms with E-state index in [0.717, 1.165) is 29.0 Å². The van der Waals surface area contributed by atoms with E-state index in [-0.39, 0.29) is 4.90 Å². The lowest BCUT2D eigenvalue weighted by Gasteiger charge is -2.19. The highest BCUT2D eigenvalue weighted by molar-refractivity contribution is 7.98. The average Bonchev–Trinajstić information content (AvgIpc) is 3.31. The van der Waals surface area contributed by atoms with Gasteiger partial charge in [-0.3, -0.25) is 0 Å². The number of hydrogen-bond acceptors (Lipinski definition) is 6. The number of hydrogen-bond donors (Lipinski definition) is 1. The van der Waals surface area contributed by atoms with Gasteiger partial charge >= 0.3 is 0 Å². The highest BCUT2D eigenvalue weighted by Gasteiger charge is 2.27. The van der Waals surface area contributed by atoms with E-state index < -0.39 is 21.9 Å². The average molecular weight is 527 g/mol. The fourth-order valence-electron chi connectivity index (χ4n) is 3.74. The van der Waals surface area contributed by atoms with Crippen molar-refractivity contribution in [1.82, 2.24) is 19.5 Å². The molecule has 3 aromatic carbocycles. The molecule has 0 amide bonds. The van der Waals surface area contributed by atoms with E-state index in [1.807, 2.05) is 66.1 Å². The molecule has 0 fully saturated rings. The van der Waals surface area contributed by atoms with Gasteiger partial charge in [0.1, 0.15) is 11.6 Å². The zero-order valence-corrected chi connectivity index (χ0v) is 21.6. The van der Waals surface area contributed by atoms with E-state index in [4.69, 9.17) is 4.74 Å². The van der Waals surface area contributed by atoms with Crippen LogP contribution in [0, 0.1) is 5.82 Å². The van der Waals surface area contributed by atoms with Gasteiger partial charge in [0, 0.05) is 12.3 Å². The molecule has 36 heavy (non-hydrogen) atoms. The molecule has 0 unspecified atom stereocenters. The number of sulfonamides is 1. The van der Waals surface area contributed by atoms with Crippen molar-refractivity contribution in [1.29, 1.82) is 0 Å². The van der Waals surface area contributed by atoms with Crippen LogP contribution in [0.15, 0.2) is 88.9 Å². The molecule has 0 aliphatic carbocycles. The number of aromatic nitrogens is 3. The van der Waals surface area contributed by atoms with Gasteiger partial charge in [-0.1, -0.05) is 54.2 Å². The van der Waals surface area contributed by atoms with Crippen molar-refractivity contribution in [3.8, 4) is 5.75 Å². The zero-order chi connectivity index (χ0) is 25.5. The summed E-state index contributed by atoms with van der Waals surface area (Å²) in [5, 5.41) is 9.48. The molecule has 0 aliphatic rings. The molecule has 4 rings (SSSR count). The highest BCUT2D eigenvalue weighted by atomic mass is 32.2. The van der Waals surface area contributed by atoms with Gasteiger partial charge in [-0.05, 0) is 60.9 Å². The second-order valence-corrected chi connectivity index (χ2v) is 10.7. The Morgan fingerprint density at radius 1 is 0.972 bits per heavy atom. The van der Waals surface area contributed by atoms with Gasteiger partial charge in [0.05, 0.1) is 18.0 Å². The van der Waals surface area contributed by atoms with Crippen LogP contribution < -0.4 is 9.46 Å². The molecule has 7 nitrogen and oxygen atoms in total. The van der Waals surface area contributed by atoms with Crippen LogP contribution in [0.25, 0.3) is 0 Å². The molecule has 0 saturated heterocycles. The van der Waals surface area contributed by atoms with Crippen LogP contribution in [-0.4, -0.2) is 30.3 Å². The third-order valence-electron chi connectivity index (χ3n) is 5.60. The Labute approximate surface area is 214 Å². The maximum absolute atomic E-state index is 13.4. The second kappa shape index (κ2) is 11.7. The van der Waals surface area contributed by atoms with Gasteiger partial charge in [0.15, 0.2) is 11.0 Å². The first-order chi connectivity index (χ1) is 17.4. The van der Waals surface area contributed by atoms with Crippen molar-refractivity contribution in [3.05, 3.63) is 102 Å². The van der Waals surface area contributed by atoms with E-state index in [2.05, 4.69) is 14.9 Å². The van der Waals surface area contributed by atoms with E-state index in [1.165, 1.54) is 23.9 Å². The van der Waals surface area contributed by atoms with Crippen LogP contribution in [-0.2, 0) is 28.7 Å². The van der Waals surface area contributed by atoms with Gasteiger partial charge in [-0.15, -0.1) is 10.2 Å². The number of ether oxygens (including phenoxy) is 1. The smallest absolute Gasteiger partial charge is 0.241 e. The van der Waals surface area contributed by atoms with Gasteiger partial charge in [-0.2, -0.15) is 0 Å². The standard InChI is InChI=1S/C26H27FN4O3S2/c1-3-31-25(28-29-26(31)35-18-20-9-13-22(34-2)14-10-20)24(17-19-7-5-4-6-8-19)30-36(32,33)23-15-11-21(27)12-16-23/h4-16,24,30H,3,17-18H2,1-2H3/t24-/m1/s1. The van der Waals surface area contributed by atoms with Crippen molar-refractivity contribution in [2.45, 2.75) is 41.7 Å². The number of halogens is 1. The molecular formula is C26H27FN4O3S2. The molecule has 1 aromatic heterocycles. The topological polar surface area (TPSA) is 86.1 Å². The molecule has 0 radical (unpaired) electrons. The third-order valence-corrected chi connectivity index (χ3v) is 8.13. The van der Waals surface area contributed by atoms with Crippen LogP contribution in [0.4, 0.5) is 4.39 Å². The van der Waals surface area contributed by atoms with Crippen LogP contribution in [0.1, 0.15) is 29.9 Å². The molecule has 4 aromatic rings. The Morgan fingerprint density at radius 2 is 1.67 bits per heavy atom. The molecule has 188 valence electrons. The normalized spacial score (nSPS) is 12.4. The summed E-state index contributed by atoms with van der Waals surface area (Å²) in [5.41, 5.74) is 2.05. The molecule has 1 N–H and O–H groups in total. The van der Waals surface area contributed by atoms with Crippen molar-refractivity contribution < 1.29 is 17.5 Å². The molecule has 0 aliphatic heterocycles. The molecule has 1 atom stereocenters. The number of rotatable bonds is 11. The second-order valence-electron chi connectivity index (χ2n) is 8.04. The van der Waals surface area contributed by atoms with Gasteiger partial charge in [0.25, 0.3) is 0 Å². The lowest BCUT2D eigenvalue weighted by Crippen LogP contribution is -2.32. The van der Waals surface area contributed by atoms with Crippen molar-refractivity contribution in [2.24, 2.45) is 0 Å². The summed E-state index contributed by atoms with van der Waals surface area (Å²) in [6, 6.07) is 21.5. The molecule has 1 heterocycles. The minimum Gasteiger partial charge on any atom is -0.497 e. The highest BCUT2D eigenvalue weighted by Crippen LogP contribution is 2.27.